The van der Waals surface area contributed by atoms with Gasteiger partial charge in [0.05, 0.1) is 19.2 Å². The van der Waals surface area contributed by atoms with Gasteiger partial charge in [-0.25, -0.2) is 0 Å². The lowest BCUT2D eigenvalue weighted by atomic mass is 10.2. The number of halogens is 2. The van der Waals surface area contributed by atoms with Crippen LogP contribution in [-0.2, 0) is 11.3 Å². The van der Waals surface area contributed by atoms with E-state index in [9.17, 15) is 0 Å². The number of rotatable bonds is 8. The van der Waals surface area contributed by atoms with Crippen molar-refractivity contribution in [1.29, 1.82) is 0 Å². The van der Waals surface area contributed by atoms with Crippen LogP contribution in [0.3, 0.4) is 0 Å². The number of nitrogens with one attached hydrogen (secondary N) is 1. The summed E-state index contributed by atoms with van der Waals surface area (Å²) < 4.78 is 15.4. The lowest BCUT2D eigenvalue weighted by Gasteiger charge is -2.12. The summed E-state index contributed by atoms with van der Waals surface area (Å²) >= 11 is 6.12. The van der Waals surface area contributed by atoms with Crippen molar-refractivity contribution < 1.29 is 14.2 Å². The van der Waals surface area contributed by atoms with Gasteiger partial charge in [-0.05, 0) is 30.7 Å². The van der Waals surface area contributed by atoms with Gasteiger partial charge in [0.25, 0.3) is 0 Å². The van der Waals surface area contributed by atoms with Gasteiger partial charge in [-0.2, -0.15) is 0 Å². The fraction of sp³-hybridized carbons (Fsp3) is 0.538. The molecule has 0 radical (unpaired) electrons. The average Bonchev–Trinajstić information content (AvgIpc) is 2.37. The van der Waals surface area contributed by atoms with E-state index < -0.39 is 0 Å². The standard InChI is InChI=1S/C13H20ClNO3.ClH/c1-16-6-4-5-15-9-10-7-11(14)13(18-3)12(8-10)17-2;/h7-8,15H,4-6,9H2,1-3H3;1H. The van der Waals surface area contributed by atoms with Crippen LogP contribution in [0.4, 0.5) is 0 Å². The molecule has 110 valence electrons. The Balaban J connectivity index is 0.00000324. The summed E-state index contributed by atoms with van der Waals surface area (Å²) in [7, 11) is 4.88. The molecule has 1 rings (SSSR count). The summed E-state index contributed by atoms with van der Waals surface area (Å²) in [5, 5.41) is 3.88. The molecule has 0 spiro atoms. The minimum atomic E-state index is 0. The molecule has 0 fully saturated rings. The molecule has 0 heterocycles. The molecule has 0 atom stereocenters. The molecule has 19 heavy (non-hydrogen) atoms. The molecule has 1 aromatic carbocycles. The Morgan fingerprint density at radius 1 is 1.16 bits per heavy atom. The highest BCUT2D eigenvalue weighted by Gasteiger charge is 2.10. The van der Waals surface area contributed by atoms with Crippen LogP contribution < -0.4 is 14.8 Å². The highest BCUT2D eigenvalue weighted by Crippen LogP contribution is 2.35. The Kier molecular flexibility index (Phi) is 9.79. The minimum Gasteiger partial charge on any atom is -0.493 e. The van der Waals surface area contributed by atoms with E-state index >= 15 is 0 Å². The van der Waals surface area contributed by atoms with E-state index in [4.69, 9.17) is 25.8 Å². The van der Waals surface area contributed by atoms with E-state index in [2.05, 4.69) is 5.32 Å². The van der Waals surface area contributed by atoms with Crippen LogP contribution >= 0.6 is 24.0 Å². The van der Waals surface area contributed by atoms with Crippen LogP contribution in [0, 0.1) is 0 Å². The van der Waals surface area contributed by atoms with Crippen LogP contribution in [0.1, 0.15) is 12.0 Å². The van der Waals surface area contributed by atoms with Crippen molar-refractivity contribution in [3.8, 4) is 11.5 Å². The third kappa shape index (κ3) is 5.87. The highest BCUT2D eigenvalue weighted by atomic mass is 35.5. The quantitative estimate of drug-likeness (QED) is 0.750. The van der Waals surface area contributed by atoms with Crippen LogP contribution in [0.25, 0.3) is 0 Å². The first kappa shape index (κ1) is 18.3. The summed E-state index contributed by atoms with van der Waals surface area (Å²) in [6.07, 6.45) is 0.984. The second kappa shape index (κ2) is 10.1. The first-order valence-electron chi connectivity index (χ1n) is 5.83. The van der Waals surface area contributed by atoms with E-state index in [0.717, 1.165) is 31.7 Å². The van der Waals surface area contributed by atoms with Gasteiger partial charge >= 0.3 is 0 Å². The summed E-state index contributed by atoms with van der Waals surface area (Å²) in [4.78, 5) is 0. The predicted octanol–water partition coefficient (Wildman–Crippen LogP) is 2.91. The Morgan fingerprint density at radius 2 is 1.89 bits per heavy atom. The number of hydrogen-bond acceptors (Lipinski definition) is 4. The molecule has 0 bridgehead atoms. The zero-order valence-corrected chi connectivity index (χ0v) is 13.1. The molecule has 0 aromatic heterocycles. The Morgan fingerprint density at radius 3 is 2.47 bits per heavy atom. The first-order valence-corrected chi connectivity index (χ1v) is 6.20. The van der Waals surface area contributed by atoms with Crippen LogP contribution in [0.15, 0.2) is 12.1 Å². The molecule has 0 aliphatic rings. The zero-order chi connectivity index (χ0) is 13.4. The van der Waals surface area contributed by atoms with Crippen molar-refractivity contribution in [3.63, 3.8) is 0 Å². The molecule has 0 amide bonds. The number of ether oxygens (including phenoxy) is 3. The molecule has 6 heteroatoms. The van der Waals surface area contributed by atoms with Crippen LogP contribution in [0.5, 0.6) is 11.5 Å². The van der Waals surface area contributed by atoms with Crippen molar-refractivity contribution >= 4 is 24.0 Å². The van der Waals surface area contributed by atoms with E-state index in [1.807, 2.05) is 12.1 Å². The SMILES string of the molecule is COCCCNCc1cc(Cl)c(OC)c(OC)c1.Cl. The number of hydrogen-bond donors (Lipinski definition) is 1. The Bertz CT molecular complexity index is 375. The van der Waals surface area contributed by atoms with Crippen LogP contribution in [-0.4, -0.2) is 34.5 Å². The van der Waals surface area contributed by atoms with Crippen molar-refractivity contribution in [2.75, 3.05) is 34.5 Å². The minimum absolute atomic E-state index is 0. The Hall–Kier alpha value is -0.680. The molecule has 0 saturated carbocycles. The summed E-state index contributed by atoms with van der Waals surface area (Å²) in [6.45, 7) is 2.41. The maximum Gasteiger partial charge on any atom is 0.179 e. The normalized spacial score (nSPS) is 9.89. The lowest BCUT2D eigenvalue weighted by Crippen LogP contribution is -2.16. The summed E-state index contributed by atoms with van der Waals surface area (Å²) in [5.41, 5.74) is 1.06. The fourth-order valence-corrected chi connectivity index (χ4v) is 1.96. The van der Waals surface area contributed by atoms with Gasteiger partial charge < -0.3 is 19.5 Å². The smallest absolute Gasteiger partial charge is 0.179 e. The topological polar surface area (TPSA) is 39.7 Å². The monoisotopic (exact) mass is 309 g/mol. The van der Waals surface area contributed by atoms with E-state index in [0.29, 0.717) is 16.5 Å². The molecular formula is C13H21Cl2NO3. The maximum atomic E-state index is 6.12. The van der Waals surface area contributed by atoms with Crippen LogP contribution in [0.2, 0.25) is 5.02 Å². The van der Waals surface area contributed by atoms with Gasteiger partial charge in [0.2, 0.25) is 0 Å². The summed E-state index contributed by atoms with van der Waals surface area (Å²) in [5.74, 6) is 1.22. The van der Waals surface area contributed by atoms with E-state index in [1.165, 1.54) is 0 Å². The third-order valence-corrected chi connectivity index (χ3v) is 2.81. The predicted molar refractivity (Wildman–Crippen MR) is 80.0 cm³/mol. The molecule has 0 aliphatic carbocycles. The van der Waals surface area contributed by atoms with Crippen molar-refractivity contribution in [2.45, 2.75) is 13.0 Å². The zero-order valence-electron chi connectivity index (χ0n) is 11.5. The number of methoxy groups -OCH3 is 3. The molecular weight excluding hydrogens is 289 g/mol. The fourth-order valence-electron chi connectivity index (χ4n) is 1.65. The van der Waals surface area contributed by atoms with Gasteiger partial charge in [-0.1, -0.05) is 11.6 Å². The van der Waals surface area contributed by atoms with Gasteiger partial charge in [-0.3, -0.25) is 0 Å². The first-order chi connectivity index (χ1) is 8.72. The van der Waals surface area contributed by atoms with Gasteiger partial charge in [0.15, 0.2) is 11.5 Å². The molecule has 1 N–H and O–H groups in total. The maximum absolute atomic E-state index is 6.12. The summed E-state index contributed by atoms with van der Waals surface area (Å²) in [6, 6.07) is 3.81. The second-order valence-electron chi connectivity index (χ2n) is 3.84. The van der Waals surface area contributed by atoms with Gasteiger partial charge in [-0.15, -0.1) is 12.4 Å². The second-order valence-corrected chi connectivity index (χ2v) is 4.24. The molecule has 0 aliphatic heterocycles. The molecule has 4 nitrogen and oxygen atoms in total. The van der Waals surface area contributed by atoms with Gasteiger partial charge in [0, 0.05) is 20.3 Å². The van der Waals surface area contributed by atoms with Gasteiger partial charge in [0.1, 0.15) is 0 Å². The largest absolute Gasteiger partial charge is 0.493 e. The highest BCUT2D eigenvalue weighted by molar-refractivity contribution is 6.32. The molecule has 1 aromatic rings. The van der Waals surface area contributed by atoms with E-state index in [-0.39, 0.29) is 12.4 Å². The van der Waals surface area contributed by atoms with Crippen molar-refractivity contribution in [3.05, 3.63) is 22.7 Å². The molecule has 0 saturated heterocycles. The average molecular weight is 310 g/mol. The van der Waals surface area contributed by atoms with E-state index in [1.54, 1.807) is 21.3 Å². The molecule has 0 unspecified atom stereocenters. The third-order valence-electron chi connectivity index (χ3n) is 2.52. The van der Waals surface area contributed by atoms with Crippen molar-refractivity contribution in [2.24, 2.45) is 0 Å². The van der Waals surface area contributed by atoms with Crippen molar-refractivity contribution in [1.82, 2.24) is 5.32 Å². The lowest BCUT2D eigenvalue weighted by molar-refractivity contribution is 0.194. The Labute approximate surface area is 125 Å². The number of benzene rings is 1.